The zero-order chi connectivity index (χ0) is 13.1. The Morgan fingerprint density at radius 1 is 1.39 bits per heavy atom. The SMILES string of the molecule is O=C(Nc1cncc(Cl)n1)c1cc(F)ccc1O. The van der Waals surface area contributed by atoms with Gasteiger partial charge in [-0.05, 0) is 18.2 Å². The summed E-state index contributed by atoms with van der Waals surface area (Å²) in [4.78, 5) is 19.3. The van der Waals surface area contributed by atoms with Gasteiger partial charge in [-0.25, -0.2) is 9.37 Å². The summed E-state index contributed by atoms with van der Waals surface area (Å²) in [6.45, 7) is 0. The molecule has 1 amide bonds. The summed E-state index contributed by atoms with van der Waals surface area (Å²) in [5, 5.41) is 11.9. The molecule has 0 radical (unpaired) electrons. The van der Waals surface area contributed by atoms with Gasteiger partial charge in [-0.3, -0.25) is 9.78 Å². The lowest BCUT2D eigenvalue weighted by Crippen LogP contribution is -2.13. The van der Waals surface area contributed by atoms with Crippen LogP contribution in [0.1, 0.15) is 10.4 Å². The molecule has 2 aromatic rings. The van der Waals surface area contributed by atoms with E-state index in [2.05, 4.69) is 15.3 Å². The van der Waals surface area contributed by atoms with Gasteiger partial charge in [0.2, 0.25) is 0 Å². The van der Waals surface area contributed by atoms with E-state index in [1.54, 1.807) is 0 Å². The minimum absolute atomic E-state index is 0.108. The molecule has 2 rings (SSSR count). The van der Waals surface area contributed by atoms with E-state index in [0.717, 1.165) is 18.2 Å². The highest BCUT2D eigenvalue weighted by atomic mass is 35.5. The predicted octanol–water partition coefficient (Wildman–Crippen LogP) is 2.23. The lowest BCUT2D eigenvalue weighted by Gasteiger charge is -2.05. The molecule has 7 heteroatoms. The second-order valence-electron chi connectivity index (χ2n) is 3.34. The molecular formula is C11H7ClFN3O2. The van der Waals surface area contributed by atoms with Crippen molar-refractivity contribution in [1.82, 2.24) is 9.97 Å². The normalized spacial score (nSPS) is 10.1. The fourth-order valence-corrected chi connectivity index (χ4v) is 1.42. The molecule has 0 aliphatic carbocycles. The van der Waals surface area contributed by atoms with Crippen LogP contribution in [0.25, 0.3) is 0 Å². The third kappa shape index (κ3) is 2.72. The number of carbonyl (C=O) groups excluding carboxylic acids is 1. The van der Waals surface area contributed by atoms with Crippen molar-refractivity contribution in [3.05, 3.63) is 47.1 Å². The average Bonchev–Trinajstić information content (AvgIpc) is 2.32. The maximum Gasteiger partial charge on any atom is 0.260 e. The Hall–Kier alpha value is -2.21. The number of halogens is 2. The Kier molecular flexibility index (Phi) is 3.38. The highest BCUT2D eigenvalue weighted by Gasteiger charge is 2.13. The minimum Gasteiger partial charge on any atom is -0.507 e. The number of rotatable bonds is 2. The predicted molar refractivity (Wildman–Crippen MR) is 63.1 cm³/mol. The number of aromatic hydroxyl groups is 1. The van der Waals surface area contributed by atoms with Gasteiger partial charge in [-0.2, -0.15) is 0 Å². The van der Waals surface area contributed by atoms with Gasteiger partial charge in [-0.15, -0.1) is 0 Å². The van der Waals surface area contributed by atoms with E-state index >= 15 is 0 Å². The highest BCUT2D eigenvalue weighted by Crippen LogP contribution is 2.19. The number of phenolic OH excluding ortho intramolecular Hbond substituents is 1. The van der Waals surface area contributed by atoms with Crippen LogP contribution in [0.4, 0.5) is 10.2 Å². The van der Waals surface area contributed by atoms with Crippen molar-refractivity contribution in [2.45, 2.75) is 0 Å². The molecule has 92 valence electrons. The van der Waals surface area contributed by atoms with Gasteiger partial charge in [0.25, 0.3) is 5.91 Å². The summed E-state index contributed by atoms with van der Waals surface area (Å²) in [5.74, 6) is -1.56. The monoisotopic (exact) mass is 267 g/mol. The Balaban J connectivity index is 2.24. The van der Waals surface area contributed by atoms with E-state index in [1.165, 1.54) is 12.4 Å². The van der Waals surface area contributed by atoms with Crippen LogP contribution in [-0.2, 0) is 0 Å². The molecule has 0 fully saturated rings. The van der Waals surface area contributed by atoms with Gasteiger partial charge in [-0.1, -0.05) is 11.6 Å². The average molecular weight is 268 g/mol. The van der Waals surface area contributed by atoms with E-state index in [-0.39, 0.29) is 22.3 Å². The third-order valence-electron chi connectivity index (χ3n) is 2.05. The first-order chi connectivity index (χ1) is 8.56. The summed E-state index contributed by atoms with van der Waals surface area (Å²) >= 11 is 5.60. The van der Waals surface area contributed by atoms with Gasteiger partial charge in [0, 0.05) is 0 Å². The lowest BCUT2D eigenvalue weighted by atomic mass is 10.2. The summed E-state index contributed by atoms with van der Waals surface area (Å²) in [5.41, 5.74) is -0.197. The maximum atomic E-state index is 13.0. The number of carbonyl (C=O) groups is 1. The molecule has 1 aromatic carbocycles. The Labute approximate surface area is 106 Å². The number of anilines is 1. The van der Waals surface area contributed by atoms with E-state index in [9.17, 15) is 14.3 Å². The van der Waals surface area contributed by atoms with Crippen LogP contribution in [0.2, 0.25) is 5.15 Å². The Morgan fingerprint density at radius 3 is 2.89 bits per heavy atom. The van der Waals surface area contributed by atoms with E-state index < -0.39 is 11.7 Å². The fourth-order valence-electron chi connectivity index (χ4n) is 1.28. The summed E-state index contributed by atoms with van der Waals surface area (Å²) in [6, 6.07) is 3.06. The number of nitrogens with zero attached hydrogens (tertiary/aromatic N) is 2. The molecular weight excluding hydrogens is 261 g/mol. The van der Waals surface area contributed by atoms with Gasteiger partial charge in [0.1, 0.15) is 16.7 Å². The number of hydrogen-bond donors (Lipinski definition) is 2. The van der Waals surface area contributed by atoms with E-state index in [4.69, 9.17) is 11.6 Å². The molecule has 0 aliphatic heterocycles. The summed E-state index contributed by atoms with van der Waals surface area (Å²) in [6.07, 6.45) is 2.58. The molecule has 5 nitrogen and oxygen atoms in total. The lowest BCUT2D eigenvalue weighted by molar-refractivity contribution is 0.102. The van der Waals surface area contributed by atoms with Gasteiger partial charge >= 0.3 is 0 Å². The van der Waals surface area contributed by atoms with Crippen molar-refractivity contribution < 1.29 is 14.3 Å². The van der Waals surface area contributed by atoms with Crippen molar-refractivity contribution in [1.29, 1.82) is 0 Å². The Morgan fingerprint density at radius 2 is 2.17 bits per heavy atom. The van der Waals surface area contributed by atoms with Crippen molar-refractivity contribution in [3.63, 3.8) is 0 Å². The first-order valence-corrected chi connectivity index (χ1v) is 5.21. The quantitative estimate of drug-likeness (QED) is 0.875. The fraction of sp³-hybridized carbons (Fsp3) is 0. The molecule has 0 aliphatic rings. The van der Waals surface area contributed by atoms with Crippen molar-refractivity contribution >= 4 is 23.3 Å². The van der Waals surface area contributed by atoms with Crippen LogP contribution in [0, 0.1) is 5.82 Å². The van der Waals surface area contributed by atoms with Gasteiger partial charge in [0.15, 0.2) is 5.82 Å². The van der Waals surface area contributed by atoms with Crippen LogP contribution in [-0.4, -0.2) is 21.0 Å². The van der Waals surface area contributed by atoms with Crippen LogP contribution in [0.3, 0.4) is 0 Å². The van der Waals surface area contributed by atoms with Crippen LogP contribution in [0.15, 0.2) is 30.6 Å². The molecule has 0 bridgehead atoms. The number of amides is 1. The molecule has 0 saturated carbocycles. The number of benzene rings is 1. The first kappa shape index (κ1) is 12.3. The molecule has 0 spiro atoms. The topological polar surface area (TPSA) is 75.1 Å². The van der Waals surface area contributed by atoms with Gasteiger partial charge < -0.3 is 10.4 Å². The number of nitrogens with one attached hydrogen (secondary N) is 1. The van der Waals surface area contributed by atoms with Gasteiger partial charge in [0.05, 0.1) is 18.0 Å². The second-order valence-corrected chi connectivity index (χ2v) is 3.73. The molecule has 1 heterocycles. The number of phenols is 1. The molecule has 0 unspecified atom stereocenters. The maximum absolute atomic E-state index is 13.0. The van der Waals surface area contributed by atoms with Crippen molar-refractivity contribution in [2.75, 3.05) is 5.32 Å². The number of aromatic nitrogens is 2. The smallest absolute Gasteiger partial charge is 0.260 e. The summed E-state index contributed by atoms with van der Waals surface area (Å²) in [7, 11) is 0. The molecule has 0 atom stereocenters. The van der Waals surface area contributed by atoms with Crippen LogP contribution in [0.5, 0.6) is 5.75 Å². The summed E-state index contributed by atoms with van der Waals surface area (Å²) < 4.78 is 13.0. The van der Waals surface area contributed by atoms with Crippen molar-refractivity contribution in [2.24, 2.45) is 0 Å². The number of hydrogen-bond acceptors (Lipinski definition) is 4. The van der Waals surface area contributed by atoms with Crippen LogP contribution < -0.4 is 5.32 Å². The second kappa shape index (κ2) is 4.97. The third-order valence-corrected chi connectivity index (χ3v) is 2.23. The van der Waals surface area contributed by atoms with E-state index in [0.29, 0.717) is 0 Å². The van der Waals surface area contributed by atoms with Crippen LogP contribution >= 0.6 is 11.6 Å². The Bertz CT molecular complexity index is 607. The minimum atomic E-state index is -0.705. The molecule has 18 heavy (non-hydrogen) atoms. The standard InChI is InChI=1S/C11H7ClFN3O2/c12-9-4-14-5-10(15-9)16-11(18)7-3-6(13)1-2-8(7)17/h1-5,17H,(H,15,16,18). The molecule has 1 aromatic heterocycles. The van der Waals surface area contributed by atoms with Crippen molar-refractivity contribution in [3.8, 4) is 5.75 Å². The largest absolute Gasteiger partial charge is 0.507 e. The first-order valence-electron chi connectivity index (χ1n) is 4.83. The molecule has 0 saturated heterocycles. The van der Waals surface area contributed by atoms with E-state index in [1.807, 2.05) is 0 Å². The zero-order valence-corrected chi connectivity index (χ0v) is 9.65. The highest BCUT2D eigenvalue weighted by molar-refractivity contribution is 6.29. The zero-order valence-electron chi connectivity index (χ0n) is 8.89. The molecule has 2 N–H and O–H groups in total.